The van der Waals surface area contributed by atoms with E-state index in [0.29, 0.717) is 6.04 Å². The molecule has 2 unspecified atom stereocenters. The first-order chi connectivity index (χ1) is 8.78. The molecule has 18 heavy (non-hydrogen) atoms. The van der Waals surface area contributed by atoms with Crippen molar-refractivity contribution >= 4 is 21.6 Å². The van der Waals surface area contributed by atoms with Gasteiger partial charge in [0.25, 0.3) is 0 Å². The number of halogens is 1. The molecule has 0 amide bonds. The lowest BCUT2D eigenvalue weighted by Gasteiger charge is -2.43. The van der Waals surface area contributed by atoms with Gasteiger partial charge >= 0.3 is 0 Å². The van der Waals surface area contributed by atoms with E-state index in [-0.39, 0.29) is 0 Å². The van der Waals surface area contributed by atoms with Crippen molar-refractivity contribution in [1.29, 1.82) is 0 Å². The van der Waals surface area contributed by atoms with Crippen molar-refractivity contribution in [2.45, 2.75) is 37.2 Å². The Kier molecular flexibility index (Phi) is 3.62. The number of piperazine rings is 1. The van der Waals surface area contributed by atoms with Crippen LogP contribution in [0.1, 0.15) is 25.3 Å². The molecule has 0 aromatic heterocycles. The number of hydrogen-bond acceptors (Lipinski definition) is 2. The molecule has 2 aliphatic heterocycles. The first-order valence-corrected chi connectivity index (χ1v) is 8.05. The fourth-order valence-corrected chi connectivity index (χ4v) is 3.70. The molecule has 0 saturated carbocycles. The van der Waals surface area contributed by atoms with Crippen LogP contribution in [-0.2, 0) is 5.33 Å². The quantitative estimate of drug-likeness (QED) is 0.774. The molecular weight excluding hydrogens is 288 g/mol. The smallest absolute Gasteiger partial charge is 0.0389 e. The summed E-state index contributed by atoms with van der Waals surface area (Å²) in [6, 6.07) is 10.4. The van der Waals surface area contributed by atoms with E-state index < -0.39 is 0 Å². The van der Waals surface area contributed by atoms with E-state index in [1.54, 1.807) is 0 Å². The lowest BCUT2D eigenvalue weighted by atomic mass is 10.1. The molecule has 98 valence electrons. The van der Waals surface area contributed by atoms with E-state index in [2.05, 4.69) is 56.9 Å². The van der Waals surface area contributed by atoms with Crippen molar-refractivity contribution in [3.8, 4) is 0 Å². The third-order valence-electron chi connectivity index (χ3n) is 4.36. The number of hydrogen-bond donors (Lipinski definition) is 0. The number of rotatable bonds is 2. The summed E-state index contributed by atoms with van der Waals surface area (Å²) in [5, 5.41) is 0.944. The third kappa shape index (κ3) is 2.30. The van der Waals surface area contributed by atoms with Gasteiger partial charge < -0.3 is 4.90 Å². The number of benzene rings is 1. The highest BCUT2D eigenvalue weighted by Crippen LogP contribution is 2.28. The average molecular weight is 309 g/mol. The van der Waals surface area contributed by atoms with Crippen LogP contribution in [0.5, 0.6) is 0 Å². The maximum Gasteiger partial charge on any atom is 0.0389 e. The van der Waals surface area contributed by atoms with Gasteiger partial charge in [-0.05, 0) is 44.0 Å². The van der Waals surface area contributed by atoms with Gasteiger partial charge in [0.05, 0.1) is 0 Å². The fourth-order valence-electron chi connectivity index (χ4n) is 3.32. The van der Waals surface area contributed by atoms with Crippen molar-refractivity contribution in [3.63, 3.8) is 0 Å². The van der Waals surface area contributed by atoms with E-state index in [1.165, 1.54) is 43.7 Å². The summed E-state index contributed by atoms with van der Waals surface area (Å²) in [6.45, 7) is 6.10. The zero-order valence-electron chi connectivity index (χ0n) is 11.0. The molecule has 2 aliphatic rings. The van der Waals surface area contributed by atoms with Crippen LogP contribution in [0.15, 0.2) is 24.3 Å². The Balaban J connectivity index is 1.77. The normalized spacial score (nSPS) is 28.4. The van der Waals surface area contributed by atoms with Gasteiger partial charge in [-0.1, -0.05) is 28.1 Å². The summed E-state index contributed by atoms with van der Waals surface area (Å²) >= 11 is 3.51. The summed E-state index contributed by atoms with van der Waals surface area (Å²) in [4.78, 5) is 5.26. The minimum atomic E-state index is 0.633. The Labute approximate surface area is 118 Å². The Morgan fingerprint density at radius 1 is 1.22 bits per heavy atom. The Morgan fingerprint density at radius 3 is 2.72 bits per heavy atom. The highest BCUT2D eigenvalue weighted by Gasteiger charge is 2.34. The van der Waals surface area contributed by atoms with Crippen LogP contribution in [0.4, 0.5) is 5.69 Å². The summed E-state index contributed by atoms with van der Waals surface area (Å²) in [6.07, 6.45) is 2.76. The van der Waals surface area contributed by atoms with Gasteiger partial charge in [0.15, 0.2) is 0 Å². The van der Waals surface area contributed by atoms with E-state index in [4.69, 9.17) is 0 Å². The van der Waals surface area contributed by atoms with Gasteiger partial charge in [0.1, 0.15) is 0 Å². The summed E-state index contributed by atoms with van der Waals surface area (Å²) in [7, 11) is 0. The largest absolute Gasteiger partial charge is 0.366 e. The molecular formula is C15H21BrN2. The highest BCUT2D eigenvalue weighted by atomic mass is 79.9. The molecule has 2 saturated heterocycles. The molecule has 0 radical (unpaired) electrons. The van der Waals surface area contributed by atoms with Gasteiger partial charge in [0.2, 0.25) is 0 Å². The zero-order chi connectivity index (χ0) is 12.5. The maximum absolute atomic E-state index is 3.51. The molecule has 0 bridgehead atoms. The number of alkyl halides is 1. The van der Waals surface area contributed by atoms with Crippen LogP contribution in [-0.4, -0.2) is 36.6 Å². The second kappa shape index (κ2) is 5.22. The van der Waals surface area contributed by atoms with E-state index in [9.17, 15) is 0 Å². The van der Waals surface area contributed by atoms with Crippen molar-refractivity contribution in [1.82, 2.24) is 4.90 Å². The van der Waals surface area contributed by atoms with Crippen LogP contribution in [0, 0.1) is 0 Å². The van der Waals surface area contributed by atoms with Gasteiger partial charge in [-0.25, -0.2) is 0 Å². The monoisotopic (exact) mass is 308 g/mol. The number of nitrogens with zero attached hydrogens (tertiary/aromatic N) is 2. The highest BCUT2D eigenvalue weighted by molar-refractivity contribution is 9.08. The maximum atomic E-state index is 3.51. The lowest BCUT2D eigenvalue weighted by molar-refractivity contribution is 0.203. The first kappa shape index (κ1) is 12.5. The van der Waals surface area contributed by atoms with Crippen molar-refractivity contribution in [3.05, 3.63) is 29.8 Å². The molecule has 0 aliphatic carbocycles. The van der Waals surface area contributed by atoms with Crippen LogP contribution in [0.3, 0.4) is 0 Å². The Morgan fingerprint density at radius 2 is 2.00 bits per heavy atom. The molecule has 0 N–H and O–H groups in total. The minimum Gasteiger partial charge on any atom is -0.366 e. The molecule has 2 atom stereocenters. The molecule has 2 heterocycles. The second-order valence-corrected chi connectivity index (χ2v) is 6.15. The van der Waals surface area contributed by atoms with Gasteiger partial charge in [-0.15, -0.1) is 0 Å². The van der Waals surface area contributed by atoms with Crippen LogP contribution in [0.2, 0.25) is 0 Å². The average Bonchev–Trinajstić information content (AvgIpc) is 2.85. The molecule has 1 aromatic carbocycles. The van der Waals surface area contributed by atoms with Crippen molar-refractivity contribution in [2.75, 3.05) is 24.5 Å². The summed E-state index contributed by atoms with van der Waals surface area (Å²) < 4.78 is 0. The molecule has 2 fully saturated rings. The molecule has 0 spiro atoms. The summed E-state index contributed by atoms with van der Waals surface area (Å²) in [5.41, 5.74) is 2.74. The Bertz CT molecular complexity index is 403. The lowest BCUT2D eigenvalue weighted by Crippen LogP contribution is -2.55. The van der Waals surface area contributed by atoms with Crippen molar-refractivity contribution < 1.29 is 0 Å². The molecule has 2 nitrogen and oxygen atoms in total. The summed E-state index contributed by atoms with van der Waals surface area (Å²) in [5.74, 6) is 0. The van der Waals surface area contributed by atoms with Crippen LogP contribution in [0.25, 0.3) is 0 Å². The third-order valence-corrected chi connectivity index (χ3v) is 5.01. The minimum absolute atomic E-state index is 0.633. The van der Waals surface area contributed by atoms with E-state index in [1.807, 2.05) is 0 Å². The molecule has 3 rings (SSSR count). The molecule has 3 heteroatoms. The number of anilines is 1. The SMILES string of the molecule is CC1CN2CCCC2CN1c1ccc(CBr)cc1. The van der Waals surface area contributed by atoms with Gasteiger partial charge in [-0.3, -0.25) is 4.90 Å². The first-order valence-electron chi connectivity index (χ1n) is 6.93. The second-order valence-electron chi connectivity index (χ2n) is 5.59. The van der Waals surface area contributed by atoms with Gasteiger partial charge in [0, 0.05) is 36.2 Å². The van der Waals surface area contributed by atoms with Gasteiger partial charge in [-0.2, -0.15) is 0 Å². The van der Waals surface area contributed by atoms with Crippen LogP contribution < -0.4 is 4.90 Å². The van der Waals surface area contributed by atoms with Crippen molar-refractivity contribution in [2.24, 2.45) is 0 Å². The standard InChI is InChI=1S/C15H21BrN2/c1-12-10-17-8-2-3-15(17)11-18(12)14-6-4-13(9-16)5-7-14/h4-7,12,15H,2-3,8-11H2,1H3. The molecule has 1 aromatic rings. The number of fused-ring (bicyclic) bond motifs is 1. The predicted octanol–water partition coefficient (Wildman–Crippen LogP) is 3.25. The van der Waals surface area contributed by atoms with E-state index in [0.717, 1.165) is 11.4 Å². The Hall–Kier alpha value is -0.540. The predicted molar refractivity (Wildman–Crippen MR) is 80.5 cm³/mol. The van der Waals surface area contributed by atoms with Crippen LogP contribution >= 0.6 is 15.9 Å². The fraction of sp³-hybridized carbons (Fsp3) is 0.600. The zero-order valence-corrected chi connectivity index (χ0v) is 12.6. The van der Waals surface area contributed by atoms with E-state index >= 15 is 0 Å². The topological polar surface area (TPSA) is 6.48 Å².